The SMILES string of the molecule is CCOC(=O)CCN(CCOC(=O)COC)CCOC(=O)COC. The maximum absolute atomic E-state index is 11.4. The number of hydrogen-bond donors (Lipinski definition) is 0. The third kappa shape index (κ3) is 12.8. The largest absolute Gasteiger partial charge is 0.466 e. The third-order valence-corrected chi connectivity index (χ3v) is 2.80. The summed E-state index contributed by atoms with van der Waals surface area (Å²) in [7, 11) is 2.81. The van der Waals surface area contributed by atoms with Crippen molar-refractivity contribution >= 4 is 17.9 Å². The summed E-state index contributed by atoms with van der Waals surface area (Å²) in [5, 5.41) is 0. The maximum Gasteiger partial charge on any atom is 0.332 e. The van der Waals surface area contributed by atoms with Crippen LogP contribution in [0.5, 0.6) is 0 Å². The molecule has 0 saturated heterocycles. The number of rotatable bonds is 14. The molecule has 0 fully saturated rings. The van der Waals surface area contributed by atoms with E-state index in [1.54, 1.807) is 6.92 Å². The molecule has 0 heterocycles. The minimum atomic E-state index is -0.464. The van der Waals surface area contributed by atoms with Crippen molar-refractivity contribution in [2.45, 2.75) is 13.3 Å². The average molecular weight is 349 g/mol. The molecular weight excluding hydrogens is 322 g/mol. The summed E-state index contributed by atoms with van der Waals surface area (Å²) in [5.74, 6) is -1.24. The van der Waals surface area contributed by atoms with E-state index in [9.17, 15) is 14.4 Å². The minimum absolute atomic E-state index is 0.114. The number of nitrogens with zero attached hydrogens (tertiary/aromatic N) is 1. The number of ether oxygens (including phenoxy) is 5. The van der Waals surface area contributed by atoms with Gasteiger partial charge in [0.25, 0.3) is 0 Å². The van der Waals surface area contributed by atoms with Gasteiger partial charge < -0.3 is 23.7 Å². The molecule has 0 saturated carbocycles. The molecular formula is C15H27NO8. The summed E-state index contributed by atoms with van der Waals surface area (Å²) in [6, 6.07) is 0. The van der Waals surface area contributed by atoms with Gasteiger partial charge in [-0.05, 0) is 6.92 Å². The van der Waals surface area contributed by atoms with Gasteiger partial charge in [0.1, 0.15) is 26.4 Å². The van der Waals surface area contributed by atoms with Crippen LogP contribution in [-0.2, 0) is 38.1 Å². The molecule has 0 atom stereocenters. The molecule has 0 aliphatic carbocycles. The van der Waals surface area contributed by atoms with Crippen LogP contribution in [0.15, 0.2) is 0 Å². The van der Waals surface area contributed by atoms with Crippen LogP contribution >= 0.6 is 0 Å². The minimum Gasteiger partial charge on any atom is -0.466 e. The first-order valence-electron chi connectivity index (χ1n) is 7.70. The first-order valence-corrected chi connectivity index (χ1v) is 7.70. The van der Waals surface area contributed by atoms with Gasteiger partial charge >= 0.3 is 17.9 Å². The Balaban J connectivity index is 4.19. The highest BCUT2D eigenvalue weighted by molar-refractivity contribution is 5.71. The average Bonchev–Trinajstić information content (AvgIpc) is 2.53. The summed E-state index contributed by atoms with van der Waals surface area (Å²) in [4.78, 5) is 35.7. The van der Waals surface area contributed by atoms with Crippen molar-refractivity contribution in [3.63, 3.8) is 0 Å². The molecule has 0 radical (unpaired) electrons. The first-order chi connectivity index (χ1) is 11.5. The predicted molar refractivity (Wildman–Crippen MR) is 83.4 cm³/mol. The first kappa shape index (κ1) is 22.3. The van der Waals surface area contributed by atoms with E-state index in [4.69, 9.17) is 14.2 Å². The molecule has 0 aromatic carbocycles. The lowest BCUT2D eigenvalue weighted by Gasteiger charge is -2.21. The summed E-state index contributed by atoms with van der Waals surface area (Å²) >= 11 is 0. The Labute approximate surface area is 142 Å². The highest BCUT2D eigenvalue weighted by Crippen LogP contribution is 1.96. The number of methoxy groups -OCH3 is 2. The van der Waals surface area contributed by atoms with Gasteiger partial charge in [-0.3, -0.25) is 9.69 Å². The molecule has 24 heavy (non-hydrogen) atoms. The van der Waals surface area contributed by atoms with Crippen LogP contribution in [0.25, 0.3) is 0 Å². The third-order valence-electron chi connectivity index (χ3n) is 2.80. The summed E-state index contributed by atoms with van der Waals surface area (Å²) < 4.78 is 24.2. The van der Waals surface area contributed by atoms with Gasteiger partial charge in [-0.25, -0.2) is 9.59 Å². The Morgan fingerprint density at radius 3 is 1.67 bits per heavy atom. The molecule has 0 aromatic rings. The van der Waals surface area contributed by atoms with Crippen molar-refractivity contribution in [3.8, 4) is 0 Å². The van der Waals surface area contributed by atoms with Gasteiger partial charge in [-0.2, -0.15) is 0 Å². The van der Waals surface area contributed by atoms with Crippen molar-refractivity contribution in [2.24, 2.45) is 0 Å². The molecule has 0 bridgehead atoms. The Kier molecular flexibility index (Phi) is 13.8. The van der Waals surface area contributed by atoms with Crippen molar-refractivity contribution in [3.05, 3.63) is 0 Å². The molecule has 0 aliphatic rings. The molecule has 0 aliphatic heterocycles. The maximum atomic E-state index is 11.4. The number of hydrogen-bond acceptors (Lipinski definition) is 9. The molecule has 0 rings (SSSR count). The smallest absolute Gasteiger partial charge is 0.332 e. The van der Waals surface area contributed by atoms with E-state index in [1.807, 2.05) is 4.90 Å². The molecule has 140 valence electrons. The molecule has 0 spiro atoms. The molecule has 0 N–H and O–H groups in total. The van der Waals surface area contributed by atoms with E-state index in [1.165, 1.54) is 14.2 Å². The highest BCUT2D eigenvalue weighted by atomic mass is 16.6. The Morgan fingerprint density at radius 1 is 0.750 bits per heavy atom. The molecule has 9 nitrogen and oxygen atoms in total. The van der Waals surface area contributed by atoms with E-state index in [0.717, 1.165) is 0 Å². The van der Waals surface area contributed by atoms with Crippen LogP contribution in [0, 0.1) is 0 Å². The van der Waals surface area contributed by atoms with Gasteiger partial charge in [-0.1, -0.05) is 0 Å². The van der Waals surface area contributed by atoms with E-state index >= 15 is 0 Å². The number of carbonyl (C=O) groups is 3. The van der Waals surface area contributed by atoms with E-state index in [0.29, 0.717) is 26.2 Å². The topological polar surface area (TPSA) is 101 Å². The Bertz CT molecular complexity index is 350. The van der Waals surface area contributed by atoms with Crippen molar-refractivity contribution in [1.29, 1.82) is 0 Å². The quantitative estimate of drug-likeness (QED) is 0.307. The van der Waals surface area contributed by atoms with Crippen molar-refractivity contribution < 1.29 is 38.1 Å². The summed E-state index contributed by atoms with van der Waals surface area (Å²) in [6.45, 7) is 3.33. The molecule has 0 aromatic heterocycles. The van der Waals surface area contributed by atoms with E-state index < -0.39 is 11.9 Å². The zero-order valence-corrected chi connectivity index (χ0v) is 14.6. The highest BCUT2D eigenvalue weighted by Gasteiger charge is 2.11. The van der Waals surface area contributed by atoms with E-state index in [-0.39, 0.29) is 38.8 Å². The summed E-state index contributed by atoms with van der Waals surface area (Å²) in [5.41, 5.74) is 0. The van der Waals surface area contributed by atoms with Crippen LogP contribution < -0.4 is 0 Å². The molecule has 0 amide bonds. The Hall–Kier alpha value is -1.71. The molecule has 9 heteroatoms. The second-order valence-electron chi connectivity index (χ2n) is 4.70. The molecule has 0 unspecified atom stereocenters. The van der Waals surface area contributed by atoms with Gasteiger partial charge in [0.15, 0.2) is 0 Å². The van der Waals surface area contributed by atoms with Gasteiger partial charge in [-0.15, -0.1) is 0 Å². The monoisotopic (exact) mass is 349 g/mol. The fraction of sp³-hybridized carbons (Fsp3) is 0.800. The lowest BCUT2D eigenvalue weighted by atomic mass is 10.3. The van der Waals surface area contributed by atoms with E-state index in [2.05, 4.69) is 9.47 Å². The van der Waals surface area contributed by atoms with Crippen molar-refractivity contribution in [1.82, 2.24) is 4.90 Å². The predicted octanol–water partition coefficient (Wildman–Crippen LogP) is -0.379. The van der Waals surface area contributed by atoms with Crippen molar-refractivity contribution in [2.75, 3.05) is 66.9 Å². The number of carbonyl (C=O) groups excluding carboxylic acids is 3. The van der Waals surface area contributed by atoms with Crippen LogP contribution in [0.4, 0.5) is 0 Å². The second kappa shape index (κ2) is 14.9. The van der Waals surface area contributed by atoms with Crippen LogP contribution in [0.3, 0.4) is 0 Å². The van der Waals surface area contributed by atoms with Gasteiger partial charge in [0.2, 0.25) is 0 Å². The van der Waals surface area contributed by atoms with Gasteiger partial charge in [0, 0.05) is 33.9 Å². The lowest BCUT2D eigenvalue weighted by molar-refractivity contribution is -0.150. The van der Waals surface area contributed by atoms with Crippen LogP contribution in [0.2, 0.25) is 0 Å². The van der Waals surface area contributed by atoms with Gasteiger partial charge in [0.05, 0.1) is 13.0 Å². The Morgan fingerprint density at radius 2 is 1.25 bits per heavy atom. The zero-order chi connectivity index (χ0) is 18.2. The lowest BCUT2D eigenvalue weighted by Crippen LogP contribution is -2.34. The normalized spacial score (nSPS) is 10.5. The van der Waals surface area contributed by atoms with Crippen LogP contribution in [-0.4, -0.2) is 89.7 Å². The summed E-state index contributed by atoms with van der Waals surface area (Å²) in [6.07, 6.45) is 0.200. The number of esters is 3. The van der Waals surface area contributed by atoms with Crippen LogP contribution in [0.1, 0.15) is 13.3 Å². The zero-order valence-electron chi connectivity index (χ0n) is 14.6. The second-order valence-corrected chi connectivity index (χ2v) is 4.70. The fourth-order valence-corrected chi connectivity index (χ4v) is 1.71. The fourth-order valence-electron chi connectivity index (χ4n) is 1.71. The standard InChI is InChI=1S/C15H27NO8/c1-4-22-13(17)5-6-16(7-9-23-14(18)11-20-2)8-10-24-15(19)12-21-3/h4-12H2,1-3H3.